The van der Waals surface area contributed by atoms with Crippen molar-refractivity contribution in [2.45, 2.75) is 6.92 Å². The van der Waals surface area contributed by atoms with E-state index >= 15 is 0 Å². The lowest BCUT2D eigenvalue weighted by molar-refractivity contribution is -0.475. The van der Waals surface area contributed by atoms with Crippen LogP contribution in [0.4, 0.5) is 0 Å². The van der Waals surface area contributed by atoms with E-state index in [1.807, 2.05) is 13.6 Å². The molecule has 0 radical (unpaired) electrons. The molecule has 4 nitrogen and oxygen atoms in total. The summed E-state index contributed by atoms with van der Waals surface area (Å²) in [5.41, 5.74) is 1.55. The Labute approximate surface area is 72.0 Å². The molecule has 0 saturated heterocycles. The molecule has 5 heteroatoms. The van der Waals surface area contributed by atoms with Gasteiger partial charge in [0.15, 0.2) is 0 Å². The summed E-state index contributed by atoms with van der Waals surface area (Å²) in [6.07, 6.45) is 3.06. The standard InChI is InChI=1S/C7H12N2O2P/c1-6-7(12(3)11-2)9(10)5-4-8-6/h4-5H,1-3H3,(H,8,10)/q+1. The third kappa shape index (κ3) is 1.71. The monoisotopic (exact) mass is 187 g/mol. The quantitative estimate of drug-likeness (QED) is 0.542. The minimum atomic E-state index is -0.796. The highest BCUT2D eigenvalue weighted by Gasteiger charge is 2.20. The molecule has 1 aromatic heterocycles. The van der Waals surface area contributed by atoms with Gasteiger partial charge in [-0.05, 0) is 13.6 Å². The zero-order valence-corrected chi connectivity index (χ0v) is 8.26. The molecule has 0 saturated carbocycles. The number of hydrogen-bond donors (Lipinski definition) is 1. The van der Waals surface area contributed by atoms with Crippen LogP contribution in [0.15, 0.2) is 12.4 Å². The van der Waals surface area contributed by atoms with Crippen LogP contribution in [0.5, 0.6) is 0 Å². The van der Waals surface area contributed by atoms with Gasteiger partial charge in [0.1, 0.15) is 8.15 Å². The van der Waals surface area contributed by atoms with E-state index in [1.54, 1.807) is 13.3 Å². The summed E-state index contributed by atoms with van der Waals surface area (Å²) in [6, 6.07) is 0. The van der Waals surface area contributed by atoms with Gasteiger partial charge >= 0.3 is 5.44 Å². The van der Waals surface area contributed by atoms with Gasteiger partial charge in [0.25, 0.3) is 0 Å². The first-order valence-electron chi connectivity index (χ1n) is 3.55. The Bertz CT molecular complexity index is 323. The normalized spacial score (nSPS) is 12.9. The van der Waals surface area contributed by atoms with E-state index in [9.17, 15) is 4.91 Å². The lowest BCUT2D eigenvalue weighted by atomic mass is 10.5. The van der Waals surface area contributed by atoms with Crippen LogP contribution in [0.25, 0.3) is 0 Å². The summed E-state index contributed by atoms with van der Waals surface area (Å²) in [5, 5.41) is 0. The number of rotatable bonds is 2. The fraction of sp³-hybridized carbons (Fsp3) is 0.429. The molecule has 12 heavy (non-hydrogen) atoms. The first-order valence-corrected chi connectivity index (χ1v) is 5.25. The first kappa shape index (κ1) is 9.36. The fourth-order valence-electron chi connectivity index (χ4n) is 0.992. The molecule has 0 aliphatic carbocycles. The molecule has 0 amide bonds. The minimum Gasteiger partial charge on any atom is -0.354 e. The van der Waals surface area contributed by atoms with Gasteiger partial charge in [-0.2, -0.15) is 0 Å². The van der Waals surface area contributed by atoms with E-state index in [-0.39, 0.29) is 0 Å². The van der Waals surface area contributed by atoms with Crippen LogP contribution in [0.3, 0.4) is 0 Å². The van der Waals surface area contributed by atoms with E-state index in [0.29, 0.717) is 5.44 Å². The lowest BCUT2D eigenvalue weighted by Gasteiger charge is -2.02. The van der Waals surface area contributed by atoms with Crippen LogP contribution in [-0.2, 0) is 4.52 Å². The van der Waals surface area contributed by atoms with Crippen molar-refractivity contribution in [2.75, 3.05) is 13.8 Å². The second-order valence-corrected chi connectivity index (χ2v) is 4.20. The van der Waals surface area contributed by atoms with Crippen molar-refractivity contribution >= 4 is 13.6 Å². The topological polar surface area (TPSA) is 48.0 Å². The predicted octanol–water partition coefficient (Wildman–Crippen LogP) is 0.536. The zero-order chi connectivity index (χ0) is 9.14. The number of aryl methyl sites for hydroxylation is 1. The SMILES string of the molecule is COP(C)c1c(C)[nH]cc[n+]1=O. The summed E-state index contributed by atoms with van der Waals surface area (Å²) >= 11 is 0. The summed E-state index contributed by atoms with van der Waals surface area (Å²) in [6.45, 7) is 3.77. The highest BCUT2D eigenvalue weighted by molar-refractivity contribution is 7.59. The maximum absolute atomic E-state index is 11.3. The van der Waals surface area contributed by atoms with Gasteiger partial charge in [0, 0.05) is 12.0 Å². The maximum Gasteiger partial charge on any atom is 0.304 e. The summed E-state index contributed by atoms with van der Waals surface area (Å²) in [4.78, 5) is 14.2. The second-order valence-electron chi connectivity index (χ2n) is 2.41. The summed E-state index contributed by atoms with van der Waals surface area (Å²) < 4.78 is 5.97. The van der Waals surface area contributed by atoms with Crippen molar-refractivity contribution in [2.24, 2.45) is 0 Å². The van der Waals surface area contributed by atoms with Crippen molar-refractivity contribution in [3.05, 3.63) is 23.0 Å². The Kier molecular flexibility index (Phi) is 2.95. The molecule has 1 heterocycles. The first-order chi connectivity index (χ1) is 5.66. The van der Waals surface area contributed by atoms with Gasteiger partial charge in [0.05, 0.1) is 16.3 Å². The van der Waals surface area contributed by atoms with E-state index in [4.69, 9.17) is 4.52 Å². The summed E-state index contributed by atoms with van der Waals surface area (Å²) in [7, 11) is 0.813. The smallest absolute Gasteiger partial charge is 0.304 e. The largest absolute Gasteiger partial charge is 0.354 e. The van der Waals surface area contributed by atoms with Crippen LogP contribution < -0.4 is 9.86 Å². The van der Waals surface area contributed by atoms with Crippen LogP contribution in [0.2, 0.25) is 0 Å². The van der Waals surface area contributed by atoms with Crippen LogP contribution in [0.1, 0.15) is 5.69 Å². The Balaban J connectivity index is 3.21. The fourth-order valence-corrected chi connectivity index (χ4v) is 2.05. The van der Waals surface area contributed by atoms with Gasteiger partial charge in [-0.1, -0.05) is 0 Å². The van der Waals surface area contributed by atoms with Gasteiger partial charge < -0.3 is 9.51 Å². The lowest BCUT2D eigenvalue weighted by Crippen LogP contribution is -2.36. The van der Waals surface area contributed by atoms with Gasteiger partial charge in [-0.25, -0.2) is 0 Å². The average molecular weight is 187 g/mol. The van der Waals surface area contributed by atoms with E-state index < -0.39 is 8.15 Å². The Morgan fingerprint density at radius 2 is 2.33 bits per heavy atom. The predicted molar refractivity (Wildman–Crippen MR) is 48.4 cm³/mol. The van der Waals surface area contributed by atoms with E-state index in [0.717, 1.165) is 10.1 Å². The second kappa shape index (κ2) is 3.78. The average Bonchev–Trinajstić information content (AvgIpc) is 2.03. The molecule has 0 fully saturated rings. The highest BCUT2D eigenvalue weighted by Crippen LogP contribution is 2.27. The number of hydrogen-bond acceptors (Lipinski definition) is 2. The van der Waals surface area contributed by atoms with Crippen molar-refractivity contribution in [3.63, 3.8) is 0 Å². The Morgan fingerprint density at radius 1 is 1.67 bits per heavy atom. The molecule has 0 aromatic carbocycles. The molecule has 0 aliphatic rings. The molecule has 0 aliphatic heterocycles. The Hall–Kier alpha value is -0.730. The number of aromatic nitrogens is 2. The molecule has 1 aromatic rings. The zero-order valence-electron chi connectivity index (χ0n) is 7.37. The molecular formula is C7H12N2O2P+. The molecule has 1 rings (SSSR count). The van der Waals surface area contributed by atoms with Crippen molar-refractivity contribution < 1.29 is 8.95 Å². The molecule has 1 atom stereocenters. The number of H-pyrrole nitrogens is 1. The molecule has 66 valence electrons. The van der Waals surface area contributed by atoms with Crippen LogP contribution >= 0.6 is 8.15 Å². The minimum absolute atomic E-state index is 0.690. The molecule has 1 unspecified atom stereocenters. The van der Waals surface area contributed by atoms with Gasteiger partial charge in [0.2, 0.25) is 6.20 Å². The maximum atomic E-state index is 11.3. The Morgan fingerprint density at radius 3 is 2.83 bits per heavy atom. The van der Waals surface area contributed by atoms with E-state index in [2.05, 4.69) is 4.98 Å². The van der Waals surface area contributed by atoms with E-state index in [1.165, 1.54) is 6.20 Å². The third-order valence-electron chi connectivity index (χ3n) is 1.63. The number of aromatic amines is 1. The van der Waals surface area contributed by atoms with Crippen molar-refractivity contribution in [1.29, 1.82) is 0 Å². The molecular weight excluding hydrogens is 175 g/mol. The number of nitrogens with zero attached hydrogens (tertiary/aromatic N) is 1. The van der Waals surface area contributed by atoms with Crippen molar-refractivity contribution in [1.82, 2.24) is 4.98 Å². The van der Waals surface area contributed by atoms with Crippen LogP contribution in [-0.4, -0.2) is 18.8 Å². The summed E-state index contributed by atoms with van der Waals surface area (Å²) in [5.74, 6) is 0. The molecule has 0 bridgehead atoms. The van der Waals surface area contributed by atoms with Gasteiger partial charge in [-0.15, -0.1) is 0 Å². The third-order valence-corrected chi connectivity index (χ3v) is 3.30. The molecule has 1 N–H and O–H groups in total. The molecule has 0 spiro atoms. The van der Waals surface area contributed by atoms with Gasteiger partial charge in [-0.3, -0.25) is 0 Å². The van der Waals surface area contributed by atoms with Crippen molar-refractivity contribution in [3.8, 4) is 0 Å². The van der Waals surface area contributed by atoms with Crippen LogP contribution in [0, 0.1) is 11.8 Å². The highest BCUT2D eigenvalue weighted by atomic mass is 31.1. The number of nitrogens with one attached hydrogen (secondary N) is 1.